The highest BCUT2D eigenvalue weighted by molar-refractivity contribution is 4.71. The van der Waals surface area contributed by atoms with Crippen LogP contribution in [-0.2, 0) is 0 Å². The van der Waals surface area contributed by atoms with Crippen LogP contribution in [0.25, 0.3) is 0 Å². The molecule has 88 valence electrons. The minimum atomic E-state index is 0.752. The Morgan fingerprint density at radius 2 is 1.33 bits per heavy atom. The number of rotatable bonds is 4. The molecule has 2 heteroatoms. The summed E-state index contributed by atoms with van der Waals surface area (Å²) in [5.41, 5.74) is 6.99. The van der Waals surface area contributed by atoms with Crippen LogP contribution < -0.4 is 10.9 Å². The van der Waals surface area contributed by atoms with Crippen LogP contribution in [0.2, 0.25) is 0 Å². The van der Waals surface area contributed by atoms with E-state index in [0.717, 1.165) is 12.0 Å². The van der Waals surface area contributed by atoms with Gasteiger partial charge in [-0.05, 0) is 31.6 Å². The second kappa shape index (κ2) is 6.49. The molecule has 0 amide bonds. The number of hydrazine groups is 1. The van der Waals surface area contributed by atoms with Crippen molar-refractivity contribution in [3.8, 4) is 0 Å². The van der Waals surface area contributed by atoms with Crippen LogP contribution in [-0.4, -0.2) is 12.6 Å². The maximum atomic E-state index is 3.52. The highest BCUT2D eigenvalue weighted by Gasteiger charge is 2.15. The van der Waals surface area contributed by atoms with E-state index in [2.05, 4.69) is 10.9 Å². The Kier molecular flexibility index (Phi) is 4.94. The summed E-state index contributed by atoms with van der Waals surface area (Å²) in [5, 5.41) is 0. The first-order valence-corrected chi connectivity index (χ1v) is 6.93. The van der Waals surface area contributed by atoms with Crippen LogP contribution in [0.3, 0.4) is 0 Å². The number of nitrogens with one attached hydrogen (secondary N) is 2. The number of hydrogen-bond donors (Lipinski definition) is 2. The predicted molar refractivity (Wildman–Crippen MR) is 64.6 cm³/mol. The van der Waals surface area contributed by atoms with Crippen LogP contribution in [0.4, 0.5) is 0 Å². The van der Waals surface area contributed by atoms with E-state index >= 15 is 0 Å². The smallest absolute Gasteiger partial charge is 0.0212 e. The summed E-state index contributed by atoms with van der Waals surface area (Å²) >= 11 is 0. The number of hydrogen-bond acceptors (Lipinski definition) is 2. The van der Waals surface area contributed by atoms with E-state index in [1.165, 1.54) is 70.8 Å². The van der Waals surface area contributed by atoms with Crippen molar-refractivity contribution < 1.29 is 0 Å². The third-order valence-electron chi connectivity index (χ3n) is 4.03. The van der Waals surface area contributed by atoms with E-state index in [4.69, 9.17) is 0 Å². The Balaban J connectivity index is 1.53. The molecule has 2 fully saturated rings. The maximum Gasteiger partial charge on any atom is 0.0212 e. The van der Waals surface area contributed by atoms with E-state index in [9.17, 15) is 0 Å². The summed E-state index contributed by atoms with van der Waals surface area (Å²) < 4.78 is 0. The van der Waals surface area contributed by atoms with Gasteiger partial charge < -0.3 is 0 Å². The van der Waals surface area contributed by atoms with Crippen molar-refractivity contribution in [1.29, 1.82) is 0 Å². The zero-order valence-electron chi connectivity index (χ0n) is 9.93. The lowest BCUT2D eigenvalue weighted by molar-refractivity contribution is 0.286. The molecule has 2 aliphatic carbocycles. The molecule has 2 rings (SSSR count). The Bertz CT molecular complexity index is 140. The van der Waals surface area contributed by atoms with Gasteiger partial charge in [0.15, 0.2) is 0 Å². The van der Waals surface area contributed by atoms with Gasteiger partial charge in [0.1, 0.15) is 0 Å². The van der Waals surface area contributed by atoms with E-state index < -0.39 is 0 Å². The predicted octanol–water partition coefficient (Wildman–Crippen LogP) is 2.99. The maximum absolute atomic E-state index is 3.52. The second-order valence-electron chi connectivity index (χ2n) is 5.36. The van der Waals surface area contributed by atoms with Crippen LogP contribution in [0.1, 0.15) is 64.2 Å². The Morgan fingerprint density at radius 1 is 0.733 bits per heavy atom. The van der Waals surface area contributed by atoms with Gasteiger partial charge in [0, 0.05) is 12.6 Å². The average molecular weight is 210 g/mol. The first kappa shape index (κ1) is 11.4. The quantitative estimate of drug-likeness (QED) is 0.697. The van der Waals surface area contributed by atoms with Crippen LogP contribution >= 0.6 is 0 Å². The third-order valence-corrected chi connectivity index (χ3v) is 4.03. The molecule has 0 radical (unpaired) electrons. The molecule has 15 heavy (non-hydrogen) atoms. The molecule has 0 unspecified atom stereocenters. The van der Waals surface area contributed by atoms with Gasteiger partial charge in [-0.2, -0.15) is 0 Å². The fraction of sp³-hybridized carbons (Fsp3) is 1.00. The molecule has 0 saturated heterocycles. The van der Waals surface area contributed by atoms with Crippen LogP contribution in [0.15, 0.2) is 0 Å². The normalized spacial score (nSPS) is 25.6. The van der Waals surface area contributed by atoms with Crippen molar-refractivity contribution in [1.82, 2.24) is 10.9 Å². The summed E-state index contributed by atoms with van der Waals surface area (Å²) in [4.78, 5) is 0. The second-order valence-corrected chi connectivity index (χ2v) is 5.36. The van der Waals surface area contributed by atoms with Gasteiger partial charge in [-0.3, -0.25) is 10.9 Å². The van der Waals surface area contributed by atoms with Gasteiger partial charge in [-0.15, -0.1) is 0 Å². The molecule has 0 bridgehead atoms. The van der Waals surface area contributed by atoms with Gasteiger partial charge in [-0.25, -0.2) is 0 Å². The first-order chi connectivity index (χ1) is 7.45. The van der Waals surface area contributed by atoms with Gasteiger partial charge in [0.05, 0.1) is 0 Å². The van der Waals surface area contributed by atoms with Gasteiger partial charge in [0.25, 0.3) is 0 Å². The third kappa shape index (κ3) is 4.12. The summed E-state index contributed by atoms with van der Waals surface area (Å²) in [6.45, 7) is 1.19. The Morgan fingerprint density at radius 3 is 2.00 bits per heavy atom. The lowest BCUT2D eigenvalue weighted by Crippen LogP contribution is -2.44. The molecule has 2 nitrogen and oxygen atoms in total. The summed E-state index contributed by atoms with van der Waals surface area (Å²) in [5.74, 6) is 0.940. The van der Waals surface area contributed by atoms with Gasteiger partial charge in [-0.1, -0.05) is 38.5 Å². The molecule has 2 saturated carbocycles. The lowest BCUT2D eigenvalue weighted by atomic mass is 9.89. The summed E-state index contributed by atoms with van der Waals surface area (Å²) in [7, 11) is 0. The molecular formula is C13H26N2. The van der Waals surface area contributed by atoms with Crippen molar-refractivity contribution in [2.24, 2.45) is 5.92 Å². The highest BCUT2D eigenvalue weighted by atomic mass is 15.4. The molecule has 0 aromatic heterocycles. The average Bonchev–Trinajstić information content (AvgIpc) is 2.32. The summed E-state index contributed by atoms with van der Waals surface area (Å²) in [6, 6.07) is 0.752. The zero-order valence-corrected chi connectivity index (χ0v) is 9.93. The standard InChI is InChI=1S/C13H26N2/c1-3-7-12(8-4-1)11-14-15-13-9-5-2-6-10-13/h12-15H,1-11H2. The van der Waals surface area contributed by atoms with E-state index in [1.807, 2.05) is 0 Å². The minimum absolute atomic E-state index is 0.752. The van der Waals surface area contributed by atoms with Gasteiger partial charge in [0.2, 0.25) is 0 Å². The zero-order chi connectivity index (χ0) is 10.3. The molecule has 0 aromatic carbocycles. The lowest BCUT2D eigenvalue weighted by Gasteiger charge is -2.26. The monoisotopic (exact) mass is 210 g/mol. The van der Waals surface area contributed by atoms with Gasteiger partial charge >= 0.3 is 0 Å². The van der Waals surface area contributed by atoms with Crippen molar-refractivity contribution in [2.75, 3.05) is 6.54 Å². The van der Waals surface area contributed by atoms with Crippen LogP contribution in [0, 0.1) is 5.92 Å². The Labute approximate surface area is 94.2 Å². The minimum Gasteiger partial charge on any atom is -0.257 e. The fourth-order valence-electron chi connectivity index (χ4n) is 2.99. The molecule has 2 N–H and O–H groups in total. The highest BCUT2D eigenvalue weighted by Crippen LogP contribution is 2.22. The topological polar surface area (TPSA) is 24.1 Å². The molecule has 2 aliphatic rings. The van der Waals surface area contributed by atoms with Crippen molar-refractivity contribution in [3.63, 3.8) is 0 Å². The molecule has 0 aromatic rings. The first-order valence-electron chi connectivity index (χ1n) is 6.93. The van der Waals surface area contributed by atoms with E-state index in [0.29, 0.717) is 0 Å². The van der Waals surface area contributed by atoms with Crippen molar-refractivity contribution in [2.45, 2.75) is 70.3 Å². The van der Waals surface area contributed by atoms with E-state index in [1.54, 1.807) is 0 Å². The molecular weight excluding hydrogens is 184 g/mol. The van der Waals surface area contributed by atoms with Crippen LogP contribution in [0.5, 0.6) is 0 Å². The molecule has 0 spiro atoms. The molecule has 0 aliphatic heterocycles. The van der Waals surface area contributed by atoms with Crippen molar-refractivity contribution in [3.05, 3.63) is 0 Å². The summed E-state index contributed by atoms with van der Waals surface area (Å²) in [6.07, 6.45) is 14.3. The Hall–Kier alpha value is -0.0800. The molecule has 0 heterocycles. The van der Waals surface area contributed by atoms with Crippen molar-refractivity contribution >= 4 is 0 Å². The fourth-order valence-corrected chi connectivity index (χ4v) is 2.99. The largest absolute Gasteiger partial charge is 0.257 e. The van der Waals surface area contributed by atoms with E-state index in [-0.39, 0.29) is 0 Å². The molecule has 0 atom stereocenters. The SMILES string of the molecule is C1CCC(CNNC2CCCCC2)CC1.